The van der Waals surface area contributed by atoms with Crippen molar-refractivity contribution in [2.24, 2.45) is 0 Å². The van der Waals surface area contributed by atoms with E-state index in [1.165, 1.54) is 0 Å². The summed E-state index contributed by atoms with van der Waals surface area (Å²) in [6, 6.07) is 0. The molecule has 0 unspecified atom stereocenters. The van der Waals surface area contributed by atoms with Crippen LogP contribution in [-0.2, 0) is 9.53 Å². The summed E-state index contributed by atoms with van der Waals surface area (Å²) in [5.41, 5.74) is 0. The highest BCUT2D eigenvalue weighted by Crippen LogP contribution is 1.84. The molecule has 0 bridgehead atoms. The highest BCUT2D eigenvalue weighted by atomic mass is 32.1. The van der Waals surface area contributed by atoms with Crippen molar-refractivity contribution in [1.82, 2.24) is 5.32 Å². The number of nitrogens with one attached hydrogen (secondary N) is 1. The van der Waals surface area contributed by atoms with E-state index in [1.807, 2.05) is 0 Å². The van der Waals surface area contributed by atoms with Crippen molar-refractivity contribution >= 4 is 18.5 Å². The standard InChI is InChI=1S/C8H17NO2S/c1-2-5-11-6-3-4-9-8(10)7-12/h12H,2-7H2,1H3,(H,9,10). The first-order chi connectivity index (χ1) is 5.81. The van der Waals surface area contributed by atoms with Crippen LogP contribution in [0.2, 0.25) is 0 Å². The predicted octanol–water partition coefficient (Wildman–Crippen LogP) is 0.849. The summed E-state index contributed by atoms with van der Waals surface area (Å²) < 4.78 is 5.23. The molecule has 0 aliphatic rings. The molecule has 0 aromatic carbocycles. The molecular weight excluding hydrogens is 174 g/mol. The van der Waals surface area contributed by atoms with E-state index in [-0.39, 0.29) is 11.7 Å². The molecule has 0 aliphatic carbocycles. The summed E-state index contributed by atoms with van der Waals surface area (Å²) in [5.74, 6) is 0.240. The number of hydrogen-bond acceptors (Lipinski definition) is 3. The largest absolute Gasteiger partial charge is 0.381 e. The molecule has 1 amide bonds. The Bertz CT molecular complexity index is 120. The molecule has 0 saturated carbocycles. The van der Waals surface area contributed by atoms with Crippen molar-refractivity contribution in [3.05, 3.63) is 0 Å². The van der Waals surface area contributed by atoms with Crippen LogP contribution in [-0.4, -0.2) is 31.4 Å². The highest BCUT2D eigenvalue weighted by molar-refractivity contribution is 7.81. The highest BCUT2D eigenvalue weighted by Gasteiger charge is 1.94. The van der Waals surface area contributed by atoms with E-state index >= 15 is 0 Å². The molecule has 0 aliphatic heterocycles. The predicted molar refractivity (Wildman–Crippen MR) is 52.6 cm³/mol. The Morgan fingerprint density at radius 1 is 1.50 bits per heavy atom. The molecule has 1 N–H and O–H groups in total. The second-order valence-corrected chi connectivity index (χ2v) is 2.79. The van der Waals surface area contributed by atoms with Gasteiger partial charge in [0.1, 0.15) is 0 Å². The molecule has 0 fully saturated rings. The van der Waals surface area contributed by atoms with Gasteiger partial charge in [-0.15, -0.1) is 0 Å². The van der Waals surface area contributed by atoms with Crippen LogP contribution in [0, 0.1) is 0 Å². The smallest absolute Gasteiger partial charge is 0.229 e. The monoisotopic (exact) mass is 191 g/mol. The van der Waals surface area contributed by atoms with Crippen LogP contribution in [0.15, 0.2) is 0 Å². The van der Waals surface area contributed by atoms with Crippen molar-refractivity contribution in [2.75, 3.05) is 25.5 Å². The second-order valence-electron chi connectivity index (χ2n) is 2.47. The van der Waals surface area contributed by atoms with E-state index in [4.69, 9.17) is 4.74 Å². The summed E-state index contributed by atoms with van der Waals surface area (Å²) in [5, 5.41) is 2.71. The topological polar surface area (TPSA) is 38.3 Å². The first-order valence-electron chi connectivity index (χ1n) is 4.26. The van der Waals surface area contributed by atoms with Crippen LogP contribution in [0.4, 0.5) is 0 Å². The third-order valence-corrected chi connectivity index (χ3v) is 1.57. The summed E-state index contributed by atoms with van der Waals surface area (Å²) in [6.45, 7) is 4.28. The van der Waals surface area contributed by atoms with Gasteiger partial charge in [-0.1, -0.05) is 6.92 Å². The SMILES string of the molecule is CCCOCCCNC(=O)CS. The number of amides is 1. The first kappa shape index (κ1) is 11.8. The number of rotatable bonds is 7. The normalized spacial score (nSPS) is 9.83. The Labute approximate surface area is 79.3 Å². The van der Waals surface area contributed by atoms with Gasteiger partial charge in [0.25, 0.3) is 0 Å². The molecule has 12 heavy (non-hydrogen) atoms. The molecule has 4 heteroatoms. The van der Waals surface area contributed by atoms with Gasteiger partial charge in [-0.3, -0.25) is 4.79 Å². The van der Waals surface area contributed by atoms with Crippen molar-refractivity contribution in [1.29, 1.82) is 0 Å². The Balaban J connectivity index is 2.95. The number of thiol groups is 1. The lowest BCUT2D eigenvalue weighted by Gasteiger charge is -2.03. The maximum Gasteiger partial charge on any atom is 0.229 e. The van der Waals surface area contributed by atoms with E-state index < -0.39 is 0 Å². The summed E-state index contributed by atoms with van der Waals surface area (Å²) in [6.07, 6.45) is 1.92. The van der Waals surface area contributed by atoms with Crippen molar-refractivity contribution < 1.29 is 9.53 Å². The molecule has 0 spiro atoms. The molecule has 0 heterocycles. The van der Waals surface area contributed by atoms with Gasteiger partial charge in [-0.2, -0.15) is 12.6 Å². The minimum Gasteiger partial charge on any atom is -0.381 e. The fraction of sp³-hybridized carbons (Fsp3) is 0.875. The van der Waals surface area contributed by atoms with Crippen LogP contribution in [0.3, 0.4) is 0 Å². The average Bonchev–Trinajstić information content (AvgIpc) is 2.10. The van der Waals surface area contributed by atoms with Gasteiger partial charge in [0.2, 0.25) is 5.91 Å². The van der Waals surface area contributed by atoms with Gasteiger partial charge < -0.3 is 10.1 Å². The lowest BCUT2D eigenvalue weighted by Crippen LogP contribution is -2.26. The van der Waals surface area contributed by atoms with Crippen LogP contribution in [0.1, 0.15) is 19.8 Å². The van der Waals surface area contributed by atoms with E-state index in [0.29, 0.717) is 6.54 Å². The molecule has 0 aromatic heterocycles. The number of hydrogen-bond donors (Lipinski definition) is 2. The lowest BCUT2D eigenvalue weighted by atomic mass is 10.4. The van der Waals surface area contributed by atoms with Gasteiger partial charge in [-0.25, -0.2) is 0 Å². The Morgan fingerprint density at radius 2 is 2.25 bits per heavy atom. The molecular formula is C8H17NO2S. The van der Waals surface area contributed by atoms with Crippen LogP contribution >= 0.6 is 12.6 Å². The Kier molecular flexibility index (Phi) is 8.71. The van der Waals surface area contributed by atoms with Crippen molar-refractivity contribution in [3.8, 4) is 0 Å². The van der Waals surface area contributed by atoms with Gasteiger partial charge in [0.05, 0.1) is 5.75 Å². The molecule has 3 nitrogen and oxygen atoms in total. The van der Waals surface area contributed by atoms with Gasteiger partial charge in [-0.05, 0) is 12.8 Å². The Hall–Kier alpha value is -0.220. The molecule has 0 radical (unpaired) electrons. The summed E-state index contributed by atoms with van der Waals surface area (Å²) in [7, 11) is 0. The maximum absolute atomic E-state index is 10.7. The summed E-state index contributed by atoms with van der Waals surface area (Å²) in [4.78, 5) is 10.7. The van der Waals surface area contributed by atoms with Gasteiger partial charge in [0.15, 0.2) is 0 Å². The second kappa shape index (κ2) is 8.87. The quantitative estimate of drug-likeness (QED) is 0.462. The average molecular weight is 191 g/mol. The van der Waals surface area contributed by atoms with E-state index in [2.05, 4.69) is 24.9 Å². The zero-order chi connectivity index (χ0) is 9.23. The maximum atomic E-state index is 10.7. The van der Waals surface area contributed by atoms with E-state index in [9.17, 15) is 4.79 Å². The Morgan fingerprint density at radius 3 is 2.83 bits per heavy atom. The van der Waals surface area contributed by atoms with Crippen molar-refractivity contribution in [2.45, 2.75) is 19.8 Å². The molecule has 0 saturated heterocycles. The lowest BCUT2D eigenvalue weighted by molar-refractivity contribution is -0.118. The fourth-order valence-electron chi connectivity index (χ4n) is 0.704. The number of carbonyl (C=O) groups is 1. The zero-order valence-corrected chi connectivity index (χ0v) is 8.40. The fourth-order valence-corrected chi connectivity index (χ4v) is 0.816. The van der Waals surface area contributed by atoms with Gasteiger partial charge in [0, 0.05) is 19.8 Å². The minimum absolute atomic E-state index is 0.0196. The molecule has 0 atom stereocenters. The van der Waals surface area contributed by atoms with Crippen molar-refractivity contribution in [3.63, 3.8) is 0 Å². The van der Waals surface area contributed by atoms with Crippen LogP contribution in [0.5, 0.6) is 0 Å². The van der Waals surface area contributed by atoms with Gasteiger partial charge >= 0.3 is 0 Å². The summed E-state index contributed by atoms with van der Waals surface area (Å²) >= 11 is 3.83. The first-order valence-corrected chi connectivity index (χ1v) is 4.89. The minimum atomic E-state index is -0.0196. The van der Waals surface area contributed by atoms with Crippen LogP contribution < -0.4 is 5.32 Å². The number of carbonyl (C=O) groups excluding carboxylic acids is 1. The van der Waals surface area contributed by atoms with E-state index in [1.54, 1.807) is 0 Å². The third-order valence-electron chi connectivity index (χ3n) is 1.28. The zero-order valence-electron chi connectivity index (χ0n) is 7.51. The molecule has 0 rings (SSSR count). The molecule has 72 valence electrons. The van der Waals surface area contributed by atoms with E-state index in [0.717, 1.165) is 26.1 Å². The third kappa shape index (κ3) is 7.88. The van der Waals surface area contributed by atoms with Crippen LogP contribution in [0.25, 0.3) is 0 Å². The number of ether oxygens (including phenoxy) is 1. The molecule has 0 aromatic rings.